The number of hydrogen-bond donors (Lipinski definition) is 2. The van der Waals surface area contributed by atoms with Gasteiger partial charge in [-0.15, -0.1) is 0 Å². The Labute approximate surface area is 185 Å². The molecule has 1 fully saturated rings. The summed E-state index contributed by atoms with van der Waals surface area (Å²) in [4.78, 5) is 36.3. The highest BCUT2D eigenvalue weighted by Crippen LogP contribution is 2.65. The normalized spacial score (nSPS) is 23.4. The fourth-order valence-corrected chi connectivity index (χ4v) is 5.24. The SMILES string of the molecule is CC1=C(CCCN(C(=O)O)c2ccc([N+](=O)[O-])cc2)C2=C(C)C3(CC3)[C@@](C)(O)C(=O)C2=C1. The van der Waals surface area contributed by atoms with Crippen LogP contribution < -0.4 is 4.90 Å². The number of rotatable bonds is 6. The number of nitro benzene ring substituents is 1. The average Bonchev–Trinajstić information content (AvgIpc) is 3.49. The van der Waals surface area contributed by atoms with Gasteiger partial charge in [-0.1, -0.05) is 5.57 Å². The summed E-state index contributed by atoms with van der Waals surface area (Å²) in [5.74, 6) is -0.233. The zero-order valence-electron chi connectivity index (χ0n) is 18.3. The number of hydrogen-bond acceptors (Lipinski definition) is 5. The third kappa shape index (κ3) is 3.17. The largest absolute Gasteiger partial charge is 0.465 e. The number of carbonyl (C=O) groups excluding carboxylic acids is 1. The summed E-state index contributed by atoms with van der Waals surface area (Å²) in [5.41, 5.74) is 2.92. The molecule has 0 unspecified atom stereocenters. The highest BCUT2D eigenvalue weighted by molar-refractivity contribution is 6.10. The monoisotopic (exact) mass is 438 g/mol. The van der Waals surface area contributed by atoms with E-state index in [0.29, 0.717) is 24.1 Å². The average molecular weight is 438 g/mol. The molecular weight excluding hydrogens is 412 g/mol. The van der Waals surface area contributed by atoms with E-state index >= 15 is 0 Å². The lowest BCUT2D eigenvalue weighted by Crippen LogP contribution is -2.49. The topological polar surface area (TPSA) is 121 Å². The lowest BCUT2D eigenvalue weighted by atomic mass is 9.67. The Hall–Kier alpha value is -3.26. The zero-order chi connectivity index (χ0) is 23.4. The van der Waals surface area contributed by atoms with Crippen LogP contribution in [-0.2, 0) is 4.79 Å². The van der Waals surface area contributed by atoms with Crippen LogP contribution in [0.2, 0.25) is 0 Å². The van der Waals surface area contributed by atoms with Crippen molar-refractivity contribution >= 4 is 23.3 Å². The Bertz CT molecular complexity index is 1120. The van der Waals surface area contributed by atoms with Crippen molar-refractivity contribution in [2.45, 2.75) is 52.1 Å². The van der Waals surface area contributed by atoms with Crippen molar-refractivity contribution in [3.05, 3.63) is 68.3 Å². The van der Waals surface area contributed by atoms with Crippen molar-refractivity contribution in [3.63, 3.8) is 0 Å². The number of aliphatic hydroxyl groups is 1. The Kier molecular flexibility index (Phi) is 5.08. The third-order valence-electron chi connectivity index (χ3n) is 7.28. The number of ketones is 1. The molecule has 32 heavy (non-hydrogen) atoms. The van der Waals surface area contributed by atoms with Crippen LogP contribution in [0.1, 0.15) is 46.5 Å². The summed E-state index contributed by atoms with van der Waals surface area (Å²) >= 11 is 0. The fourth-order valence-electron chi connectivity index (χ4n) is 5.24. The van der Waals surface area contributed by atoms with E-state index in [1.165, 1.54) is 29.2 Å². The lowest BCUT2D eigenvalue weighted by molar-refractivity contribution is -0.384. The first-order valence-electron chi connectivity index (χ1n) is 10.7. The van der Waals surface area contributed by atoms with E-state index in [1.807, 2.05) is 19.9 Å². The number of allylic oxidation sites excluding steroid dienone is 4. The summed E-state index contributed by atoms with van der Waals surface area (Å²) in [6, 6.07) is 5.43. The van der Waals surface area contributed by atoms with Crippen LogP contribution in [0.4, 0.5) is 16.2 Å². The number of anilines is 1. The van der Waals surface area contributed by atoms with Crippen molar-refractivity contribution in [2.24, 2.45) is 5.41 Å². The minimum Gasteiger partial charge on any atom is -0.465 e. The number of amides is 1. The molecule has 1 aromatic rings. The highest BCUT2D eigenvalue weighted by Gasteiger charge is 2.64. The quantitative estimate of drug-likeness (QED) is 0.497. The molecule has 0 heterocycles. The van der Waals surface area contributed by atoms with Crippen molar-refractivity contribution in [3.8, 4) is 0 Å². The van der Waals surface area contributed by atoms with Crippen LogP contribution in [0.5, 0.6) is 0 Å². The predicted octanol–water partition coefficient (Wildman–Crippen LogP) is 4.55. The number of carbonyl (C=O) groups is 2. The minimum atomic E-state index is -1.39. The molecule has 1 spiro atoms. The number of nitrogens with zero attached hydrogens (tertiary/aromatic N) is 2. The Balaban J connectivity index is 1.53. The molecule has 0 saturated heterocycles. The van der Waals surface area contributed by atoms with Gasteiger partial charge in [-0.25, -0.2) is 4.79 Å². The maximum Gasteiger partial charge on any atom is 0.411 e. The molecule has 2 N–H and O–H groups in total. The van der Waals surface area contributed by atoms with Crippen molar-refractivity contribution in [2.75, 3.05) is 11.4 Å². The van der Waals surface area contributed by atoms with Crippen molar-refractivity contribution in [1.82, 2.24) is 0 Å². The molecule has 3 aliphatic rings. The maximum atomic E-state index is 13.0. The van der Waals surface area contributed by atoms with Gasteiger partial charge in [0.2, 0.25) is 0 Å². The molecule has 0 aromatic heterocycles. The van der Waals surface area contributed by atoms with Gasteiger partial charge in [0.1, 0.15) is 5.60 Å². The summed E-state index contributed by atoms with van der Waals surface area (Å²) in [5, 5.41) is 31.4. The van der Waals surface area contributed by atoms with Gasteiger partial charge in [0.05, 0.1) is 4.92 Å². The molecule has 8 heteroatoms. The second kappa shape index (κ2) is 7.41. The summed E-state index contributed by atoms with van der Waals surface area (Å²) in [7, 11) is 0. The summed E-state index contributed by atoms with van der Waals surface area (Å²) in [6.45, 7) is 5.76. The Morgan fingerprint density at radius 2 is 1.84 bits per heavy atom. The minimum absolute atomic E-state index is 0.0984. The van der Waals surface area contributed by atoms with E-state index in [4.69, 9.17) is 0 Å². The third-order valence-corrected chi connectivity index (χ3v) is 7.28. The van der Waals surface area contributed by atoms with Gasteiger partial charge in [-0.05, 0) is 81.4 Å². The summed E-state index contributed by atoms with van der Waals surface area (Å²) in [6.07, 6.45) is 3.38. The predicted molar refractivity (Wildman–Crippen MR) is 118 cm³/mol. The molecule has 1 amide bonds. The van der Waals surface area contributed by atoms with Crippen LogP contribution >= 0.6 is 0 Å². The van der Waals surface area contributed by atoms with E-state index in [1.54, 1.807) is 6.92 Å². The number of Topliss-reactive ketones (excluding diaryl/α,β-unsaturated/α-hetero) is 1. The molecule has 1 aromatic carbocycles. The van der Waals surface area contributed by atoms with E-state index in [0.717, 1.165) is 35.1 Å². The standard InChI is InChI=1S/C24H26N2O6/c1-14-13-19-20(15(2)24(10-11-24)23(3,30)21(19)27)18(14)5-4-12-25(22(28)29)16-6-8-17(9-7-16)26(31)32/h6-9,13,30H,4-5,10-12H2,1-3H3,(H,28,29)/t23-/m0/s1. The van der Waals surface area contributed by atoms with Crippen molar-refractivity contribution in [1.29, 1.82) is 0 Å². The molecule has 0 radical (unpaired) electrons. The van der Waals surface area contributed by atoms with E-state index in [2.05, 4.69) is 0 Å². The first-order chi connectivity index (χ1) is 15.0. The van der Waals surface area contributed by atoms with Crippen LogP contribution in [0.15, 0.2) is 58.2 Å². The van der Waals surface area contributed by atoms with Crippen LogP contribution in [0, 0.1) is 15.5 Å². The molecule has 1 saturated carbocycles. The number of nitro groups is 1. The van der Waals surface area contributed by atoms with E-state index in [9.17, 15) is 29.9 Å². The van der Waals surface area contributed by atoms with Gasteiger partial charge >= 0.3 is 6.09 Å². The molecule has 8 nitrogen and oxygen atoms in total. The van der Waals surface area contributed by atoms with Crippen molar-refractivity contribution < 1.29 is 24.7 Å². The molecule has 0 bridgehead atoms. The van der Waals surface area contributed by atoms with Crippen LogP contribution in [0.3, 0.4) is 0 Å². The van der Waals surface area contributed by atoms with Crippen LogP contribution in [-0.4, -0.2) is 39.2 Å². The number of fused-ring (bicyclic) bond motifs is 1. The van der Waals surface area contributed by atoms with Gasteiger partial charge in [-0.2, -0.15) is 0 Å². The zero-order valence-corrected chi connectivity index (χ0v) is 18.3. The first kappa shape index (κ1) is 22.0. The van der Waals surface area contributed by atoms with Gasteiger partial charge in [0, 0.05) is 35.4 Å². The number of benzene rings is 1. The summed E-state index contributed by atoms with van der Waals surface area (Å²) < 4.78 is 0. The van der Waals surface area contributed by atoms with E-state index < -0.39 is 22.0 Å². The maximum absolute atomic E-state index is 13.0. The second-order valence-corrected chi connectivity index (χ2v) is 9.01. The highest BCUT2D eigenvalue weighted by atomic mass is 16.6. The van der Waals surface area contributed by atoms with Gasteiger partial charge in [0.15, 0.2) is 5.78 Å². The van der Waals surface area contributed by atoms with Gasteiger partial charge in [0.25, 0.3) is 5.69 Å². The Morgan fingerprint density at radius 3 is 2.38 bits per heavy atom. The molecule has 1 atom stereocenters. The lowest BCUT2D eigenvalue weighted by Gasteiger charge is -2.39. The molecule has 168 valence electrons. The molecule has 4 rings (SSSR count). The van der Waals surface area contributed by atoms with Gasteiger partial charge < -0.3 is 10.2 Å². The number of carboxylic acid groups (broad SMARTS) is 1. The van der Waals surface area contributed by atoms with Gasteiger partial charge in [-0.3, -0.25) is 19.8 Å². The molecule has 0 aliphatic heterocycles. The Morgan fingerprint density at radius 1 is 1.22 bits per heavy atom. The number of non-ortho nitro benzene ring substituents is 1. The fraction of sp³-hybridized carbons (Fsp3) is 0.417. The van der Waals surface area contributed by atoms with E-state index in [-0.39, 0.29) is 18.0 Å². The smallest absolute Gasteiger partial charge is 0.411 e. The molecular formula is C24H26N2O6. The van der Waals surface area contributed by atoms with Crippen LogP contribution in [0.25, 0.3) is 0 Å². The second-order valence-electron chi connectivity index (χ2n) is 9.01. The molecule has 3 aliphatic carbocycles. The first-order valence-corrected chi connectivity index (χ1v) is 10.7.